The van der Waals surface area contributed by atoms with E-state index in [4.69, 9.17) is 9.97 Å². The first-order chi connectivity index (χ1) is 29.3. The Bertz CT molecular complexity index is 3450. The van der Waals surface area contributed by atoms with Crippen LogP contribution < -0.4 is 4.90 Å². The Morgan fingerprint density at radius 3 is 1.59 bits per heavy atom. The van der Waals surface area contributed by atoms with Crippen molar-refractivity contribution < 1.29 is 0 Å². The van der Waals surface area contributed by atoms with Gasteiger partial charge < -0.3 is 4.90 Å². The largest absolute Gasteiger partial charge is 0.310 e. The molecule has 3 aromatic heterocycles. The van der Waals surface area contributed by atoms with E-state index in [1.165, 1.54) is 38.4 Å². The molecule has 0 aliphatic heterocycles. The van der Waals surface area contributed by atoms with Gasteiger partial charge >= 0.3 is 0 Å². The molecule has 0 spiro atoms. The van der Waals surface area contributed by atoms with Gasteiger partial charge in [-0.3, -0.25) is 8.97 Å². The molecule has 0 amide bonds. The lowest BCUT2D eigenvalue weighted by Gasteiger charge is -2.26. The average molecular weight is 754 g/mol. The minimum absolute atomic E-state index is 0.806. The SMILES string of the molecule is c1ccc(-c2ccc(N(c3ccc(-c4ccccc4)cc3)c3ccc4c(c3)c3c5ccccc5ccc3n4-c3nc4ccccc4c4nc5ccccc5n34)cc2)cc1. The topological polar surface area (TPSA) is 38.4 Å². The van der Waals surface area contributed by atoms with Gasteiger partial charge in [0, 0.05) is 33.2 Å². The van der Waals surface area contributed by atoms with Crippen LogP contribution in [-0.2, 0) is 0 Å². The highest BCUT2D eigenvalue weighted by atomic mass is 15.2. The lowest BCUT2D eigenvalue weighted by molar-refractivity contribution is 0.979. The van der Waals surface area contributed by atoms with Gasteiger partial charge in [-0.2, -0.15) is 0 Å². The number of benzene rings is 9. The summed E-state index contributed by atoms with van der Waals surface area (Å²) in [6, 6.07) is 75.7. The van der Waals surface area contributed by atoms with Crippen LogP contribution >= 0.6 is 0 Å². The van der Waals surface area contributed by atoms with E-state index in [9.17, 15) is 0 Å². The zero-order valence-electron chi connectivity index (χ0n) is 31.9. The van der Waals surface area contributed by atoms with Crippen molar-refractivity contribution in [2.24, 2.45) is 0 Å². The Balaban J connectivity index is 1.12. The molecular weight excluding hydrogens is 719 g/mol. The molecule has 0 fully saturated rings. The first-order valence-corrected chi connectivity index (χ1v) is 20.0. The summed E-state index contributed by atoms with van der Waals surface area (Å²) < 4.78 is 4.57. The molecular formula is C54H35N5. The molecule has 12 rings (SSSR count). The van der Waals surface area contributed by atoms with E-state index in [1.807, 2.05) is 6.07 Å². The van der Waals surface area contributed by atoms with Crippen molar-refractivity contribution in [1.82, 2.24) is 18.9 Å². The quantitative estimate of drug-likeness (QED) is 0.170. The molecule has 12 aromatic rings. The number of imidazole rings is 1. The predicted octanol–water partition coefficient (Wildman–Crippen LogP) is 14.1. The third-order valence-corrected chi connectivity index (χ3v) is 11.7. The summed E-state index contributed by atoms with van der Waals surface area (Å²) in [7, 11) is 0. The smallest absolute Gasteiger partial charge is 0.221 e. The molecule has 5 nitrogen and oxygen atoms in total. The van der Waals surface area contributed by atoms with Crippen LogP contribution in [0, 0.1) is 0 Å². The number of anilines is 3. The van der Waals surface area contributed by atoms with Crippen LogP contribution in [0.3, 0.4) is 0 Å². The Morgan fingerprint density at radius 1 is 0.356 bits per heavy atom. The number of hydrogen-bond donors (Lipinski definition) is 0. The second-order valence-electron chi connectivity index (χ2n) is 15.1. The Hall–Kier alpha value is -8.02. The van der Waals surface area contributed by atoms with E-state index < -0.39 is 0 Å². The van der Waals surface area contributed by atoms with Gasteiger partial charge in [0.05, 0.1) is 27.6 Å². The monoisotopic (exact) mass is 753 g/mol. The molecule has 3 heterocycles. The first-order valence-electron chi connectivity index (χ1n) is 20.0. The highest BCUT2D eigenvalue weighted by Crippen LogP contribution is 2.43. The van der Waals surface area contributed by atoms with Gasteiger partial charge in [-0.15, -0.1) is 0 Å². The van der Waals surface area contributed by atoms with Crippen molar-refractivity contribution in [1.29, 1.82) is 0 Å². The number of fused-ring (bicyclic) bond motifs is 10. The molecule has 0 atom stereocenters. The standard InChI is InChI=1S/C54H35N5/c1-3-13-36(14-4-1)38-23-28-41(29-24-38)57(42-30-25-39(26-31-42)37-15-5-2-6-16-37)43-32-34-49-46(35-43)52-44-18-8-7-17-40(44)27-33-51(52)58(49)54-56-47-20-10-9-19-45(47)53-55-48-21-11-12-22-50(48)59(53)54/h1-35H. The minimum Gasteiger partial charge on any atom is -0.310 e. The van der Waals surface area contributed by atoms with Crippen molar-refractivity contribution >= 4 is 77.2 Å². The van der Waals surface area contributed by atoms with Crippen LogP contribution in [0.5, 0.6) is 0 Å². The second-order valence-corrected chi connectivity index (χ2v) is 15.1. The van der Waals surface area contributed by atoms with Crippen LogP contribution in [0.4, 0.5) is 17.1 Å². The van der Waals surface area contributed by atoms with Gasteiger partial charge in [0.25, 0.3) is 0 Å². The van der Waals surface area contributed by atoms with E-state index in [2.05, 4.69) is 220 Å². The van der Waals surface area contributed by atoms with Crippen LogP contribution in [-0.4, -0.2) is 18.9 Å². The fraction of sp³-hybridized carbons (Fsp3) is 0. The predicted molar refractivity (Wildman–Crippen MR) is 245 cm³/mol. The van der Waals surface area contributed by atoms with Crippen LogP contribution in [0.25, 0.3) is 88.4 Å². The average Bonchev–Trinajstić information content (AvgIpc) is 3.87. The van der Waals surface area contributed by atoms with Crippen molar-refractivity contribution in [3.63, 3.8) is 0 Å². The van der Waals surface area contributed by atoms with E-state index in [-0.39, 0.29) is 0 Å². The summed E-state index contributed by atoms with van der Waals surface area (Å²) in [6.45, 7) is 0. The van der Waals surface area contributed by atoms with E-state index in [1.54, 1.807) is 0 Å². The number of hydrogen-bond acceptors (Lipinski definition) is 3. The van der Waals surface area contributed by atoms with Gasteiger partial charge in [0.2, 0.25) is 5.95 Å². The third-order valence-electron chi connectivity index (χ3n) is 11.7. The maximum Gasteiger partial charge on any atom is 0.221 e. The Kier molecular flexibility index (Phi) is 7.47. The molecule has 5 heteroatoms. The van der Waals surface area contributed by atoms with Crippen molar-refractivity contribution in [2.45, 2.75) is 0 Å². The maximum atomic E-state index is 5.44. The highest BCUT2D eigenvalue weighted by molar-refractivity contribution is 6.22. The van der Waals surface area contributed by atoms with Gasteiger partial charge in [-0.25, -0.2) is 9.97 Å². The fourth-order valence-electron chi connectivity index (χ4n) is 8.92. The number of rotatable bonds is 6. The molecule has 9 aromatic carbocycles. The van der Waals surface area contributed by atoms with Crippen molar-refractivity contribution in [2.75, 3.05) is 4.90 Å². The molecule has 0 bridgehead atoms. The first kappa shape index (κ1) is 33.2. The lowest BCUT2D eigenvalue weighted by atomic mass is 10.0. The normalized spacial score (nSPS) is 11.7. The van der Waals surface area contributed by atoms with Gasteiger partial charge in [-0.1, -0.05) is 140 Å². The van der Waals surface area contributed by atoms with Crippen molar-refractivity contribution in [3.05, 3.63) is 212 Å². The molecule has 0 unspecified atom stereocenters. The molecule has 0 saturated carbocycles. The zero-order chi connectivity index (χ0) is 38.9. The summed E-state index contributed by atoms with van der Waals surface area (Å²) in [4.78, 5) is 13.0. The molecule has 0 saturated heterocycles. The Morgan fingerprint density at radius 2 is 0.898 bits per heavy atom. The molecule has 0 aliphatic carbocycles. The van der Waals surface area contributed by atoms with E-state index >= 15 is 0 Å². The van der Waals surface area contributed by atoms with Gasteiger partial charge in [0.1, 0.15) is 5.65 Å². The van der Waals surface area contributed by atoms with Gasteiger partial charge in [-0.05, 0) is 106 Å². The molecule has 0 radical (unpaired) electrons. The summed E-state index contributed by atoms with van der Waals surface area (Å²) in [5, 5.41) is 5.75. The van der Waals surface area contributed by atoms with E-state index in [0.29, 0.717) is 0 Å². The Labute approximate surface area is 340 Å². The summed E-state index contributed by atoms with van der Waals surface area (Å²) >= 11 is 0. The zero-order valence-corrected chi connectivity index (χ0v) is 31.9. The summed E-state index contributed by atoms with van der Waals surface area (Å²) in [5.74, 6) is 0.806. The van der Waals surface area contributed by atoms with Gasteiger partial charge in [0.15, 0.2) is 0 Å². The van der Waals surface area contributed by atoms with Crippen LogP contribution in [0.2, 0.25) is 0 Å². The maximum absolute atomic E-state index is 5.44. The summed E-state index contributed by atoms with van der Waals surface area (Å²) in [5.41, 5.74) is 13.9. The van der Waals surface area contributed by atoms with Crippen molar-refractivity contribution in [3.8, 4) is 28.2 Å². The van der Waals surface area contributed by atoms with Crippen LogP contribution in [0.15, 0.2) is 212 Å². The number of para-hydroxylation sites is 3. The summed E-state index contributed by atoms with van der Waals surface area (Å²) in [6.07, 6.45) is 0. The highest BCUT2D eigenvalue weighted by Gasteiger charge is 2.23. The minimum atomic E-state index is 0.806. The second kappa shape index (κ2) is 13.3. The number of aromatic nitrogens is 4. The number of nitrogens with zero attached hydrogens (tertiary/aromatic N) is 5. The molecule has 59 heavy (non-hydrogen) atoms. The lowest BCUT2D eigenvalue weighted by Crippen LogP contribution is -2.10. The molecule has 0 aliphatic rings. The molecule has 0 N–H and O–H groups in total. The van der Waals surface area contributed by atoms with E-state index in [0.717, 1.165) is 67.0 Å². The van der Waals surface area contributed by atoms with Crippen LogP contribution in [0.1, 0.15) is 0 Å². The fourth-order valence-corrected chi connectivity index (χ4v) is 8.92. The molecule has 276 valence electrons. The third kappa shape index (κ3) is 5.33.